The Kier molecular flexibility index (Phi) is 8.17. The molecule has 48 heavy (non-hydrogen) atoms. The Morgan fingerprint density at radius 2 is 2.02 bits per heavy atom. The molecular formula is C37H39FN6O4. The molecule has 0 spiro atoms. The van der Waals surface area contributed by atoms with Gasteiger partial charge in [-0.25, -0.2) is 4.39 Å². The number of carbonyl (C=O) groups is 1. The van der Waals surface area contributed by atoms with Gasteiger partial charge in [0, 0.05) is 41.8 Å². The highest BCUT2D eigenvalue weighted by Gasteiger charge is 2.45. The normalized spacial score (nSPS) is 22.3. The van der Waals surface area contributed by atoms with Crippen LogP contribution in [0.3, 0.4) is 0 Å². The van der Waals surface area contributed by atoms with Gasteiger partial charge in [0.05, 0.1) is 16.5 Å². The number of carbonyl (C=O) groups excluding carboxylic acids is 1. The van der Waals surface area contributed by atoms with Crippen molar-refractivity contribution in [2.24, 2.45) is 0 Å². The number of aromatic nitrogens is 3. The molecule has 7 rings (SSSR count). The quantitative estimate of drug-likeness (QED) is 0.193. The van der Waals surface area contributed by atoms with E-state index in [4.69, 9.17) is 16.1 Å². The third-order valence-corrected chi connectivity index (χ3v) is 10.2. The van der Waals surface area contributed by atoms with Gasteiger partial charge in [-0.2, -0.15) is 9.97 Å². The molecule has 0 radical (unpaired) electrons. The predicted molar refractivity (Wildman–Crippen MR) is 182 cm³/mol. The molecule has 2 aromatic carbocycles. The van der Waals surface area contributed by atoms with E-state index in [1.165, 1.54) is 18.3 Å². The highest BCUT2D eigenvalue weighted by atomic mass is 19.1. The average Bonchev–Trinajstić information content (AvgIpc) is 3.61. The van der Waals surface area contributed by atoms with Crippen LogP contribution in [0, 0.1) is 18.2 Å². The summed E-state index contributed by atoms with van der Waals surface area (Å²) in [7, 11) is 0. The minimum absolute atomic E-state index is 0.00423. The Morgan fingerprint density at radius 1 is 1.23 bits per heavy atom. The fourth-order valence-corrected chi connectivity index (χ4v) is 7.87. The van der Waals surface area contributed by atoms with E-state index in [2.05, 4.69) is 32.7 Å². The summed E-state index contributed by atoms with van der Waals surface area (Å²) in [6, 6.07) is 7.98. The first-order chi connectivity index (χ1) is 23.1. The van der Waals surface area contributed by atoms with Crippen molar-refractivity contribution >= 4 is 33.4 Å². The first-order valence-corrected chi connectivity index (χ1v) is 16.5. The third kappa shape index (κ3) is 5.80. The van der Waals surface area contributed by atoms with E-state index in [0.717, 1.165) is 38.8 Å². The topological polar surface area (TPSA) is 124 Å². The molecule has 4 aromatic rings. The second-order valence-electron chi connectivity index (χ2n) is 13.6. The zero-order valence-corrected chi connectivity index (χ0v) is 27.0. The number of ether oxygens (including phenoxy) is 1. The Bertz CT molecular complexity index is 1960. The molecule has 3 fully saturated rings. The summed E-state index contributed by atoms with van der Waals surface area (Å²) in [6.45, 7) is 8.41. The van der Waals surface area contributed by atoms with Gasteiger partial charge >= 0.3 is 6.01 Å². The second kappa shape index (κ2) is 12.3. The number of anilines is 1. The number of rotatable bonds is 7. The summed E-state index contributed by atoms with van der Waals surface area (Å²) in [5.41, 5.74) is -0.292. The van der Waals surface area contributed by atoms with Gasteiger partial charge in [-0.05, 0) is 88.2 Å². The molecule has 10 nitrogen and oxygen atoms in total. The summed E-state index contributed by atoms with van der Waals surface area (Å²) >= 11 is 0. The maximum atomic E-state index is 17.0. The van der Waals surface area contributed by atoms with Crippen molar-refractivity contribution < 1.29 is 24.1 Å². The van der Waals surface area contributed by atoms with Crippen LogP contribution in [0.4, 0.5) is 10.2 Å². The van der Waals surface area contributed by atoms with Gasteiger partial charge in [-0.1, -0.05) is 24.6 Å². The van der Waals surface area contributed by atoms with Crippen LogP contribution in [0.1, 0.15) is 51.0 Å². The lowest BCUT2D eigenvalue weighted by atomic mass is 9.95. The van der Waals surface area contributed by atoms with Gasteiger partial charge < -0.3 is 25.2 Å². The number of pyridine rings is 1. The van der Waals surface area contributed by atoms with E-state index in [-0.39, 0.29) is 34.4 Å². The molecule has 5 heterocycles. The molecule has 0 unspecified atom stereocenters. The van der Waals surface area contributed by atoms with Crippen LogP contribution >= 0.6 is 0 Å². The van der Waals surface area contributed by atoms with Crippen molar-refractivity contribution in [1.29, 1.82) is 0 Å². The summed E-state index contributed by atoms with van der Waals surface area (Å²) in [5.74, 6) is 1.94. The van der Waals surface area contributed by atoms with Crippen molar-refractivity contribution in [3.8, 4) is 35.4 Å². The predicted octanol–water partition coefficient (Wildman–Crippen LogP) is 4.70. The van der Waals surface area contributed by atoms with E-state index in [0.29, 0.717) is 65.6 Å². The number of aromatic hydroxyl groups is 1. The molecule has 0 bridgehead atoms. The number of hydrogen-bond acceptors (Lipinski definition) is 9. The molecule has 1 amide bonds. The summed E-state index contributed by atoms with van der Waals surface area (Å²) in [4.78, 5) is 30.8. The molecule has 3 N–H and O–H groups in total. The zero-order valence-electron chi connectivity index (χ0n) is 27.0. The van der Waals surface area contributed by atoms with Gasteiger partial charge in [-0.3, -0.25) is 14.7 Å². The molecule has 2 aromatic heterocycles. The van der Waals surface area contributed by atoms with Gasteiger partial charge in [0.2, 0.25) is 5.91 Å². The number of aliphatic hydroxyl groups is 1. The number of nitrogens with one attached hydrogen (secondary N) is 1. The maximum absolute atomic E-state index is 17.0. The number of hydrogen-bond donors (Lipinski definition) is 3. The van der Waals surface area contributed by atoms with Gasteiger partial charge in [0.15, 0.2) is 5.82 Å². The van der Waals surface area contributed by atoms with E-state index in [1.807, 2.05) is 4.90 Å². The van der Waals surface area contributed by atoms with Crippen molar-refractivity contribution in [3.05, 3.63) is 60.6 Å². The summed E-state index contributed by atoms with van der Waals surface area (Å²) in [6.07, 6.45) is 13.5. The zero-order chi connectivity index (χ0) is 33.6. The van der Waals surface area contributed by atoms with Crippen LogP contribution in [-0.4, -0.2) is 85.9 Å². The van der Waals surface area contributed by atoms with E-state index < -0.39 is 17.5 Å². The monoisotopic (exact) mass is 650 g/mol. The average molecular weight is 651 g/mol. The Balaban J connectivity index is 1.37. The number of benzene rings is 2. The van der Waals surface area contributed by atoms with Crippen molar-refractivity contribution in [1.82, 2.24) is 25.2 Å². The molecule has 2 atom stereocenters. The Labute approximate surface area is 278 Å². The minimum atomic E-state index is -1.06. The van der Waals surface area contributed by atoms with Gasteiger partial charge in [-0.15, -0.1) is 6.42 Å². The first kappa shape index (κ1) is 31.8. The minimum Gasteiger partial charge on any atom is -0.508 e. The van der Waals surface area contributed by atoms with Crippen LogP contribution in [0.2, 0.25) is 0 Å². The van der Waals surface area contributed by atoms with E-state index in [9.17, 15) is 15.0 Å². The fourth-order valence-electron chi connectivity index (χ4n) is 7.87. The van der Waals surface area contributed by atoms with Gasteiger partial charge in [0.1, 0.15) is 29.4 Å². The molecule has 0 saturated carbocycles. The number of halogens is 1. The Hall–Kier alpha value is -4.79. The molecule has 3 aliphatic heterocycles. The fraction of sp³-hybridized carbons (Fsp3) is 0.405. The van der Waals surface area contributed by atoms with Crippen LogP contribution < -0.4 is 15.0 Å². The van der Waals surface area contributed by atoms with Crippen LogP contribution in [0.5, 0.6) is 11.8 Å². The van der Waals surface area contributed by atoms with Crippen LogP contribution in [0.25, 0.3) is 32.9 Å². The van der Waals surface area contributed by atoms with E-state index in [1.54, 1.807) is 31.2 Å². The number of nitrogens with zero attached hydrogens (tertiary/aromatic N) is 5. The number of phenols is 1. The number of terminal acetylenes is 1. The molecule has 0 aliphatic carbocycles. The molecular weight excluding hydrogens is 611 g/mol. The molecule has 3 aliphatic rings. The van der Waals surface area contributed by atoms with Crippen molar-refractivity contribution in [2.45, 2.75) is 62.6 Å². The number of amides is 1. The smallest absolute Gasteiger partial charge is 0.319 e. The molecule has 11 heteroatoms. The number of fused-ring (bicyclic) bond motifs is 3. The van der Waals surface area contributed by atoms with Gasteiger partial charge in [0.25, 0.3) is 0 Å². The van der Waals surface area contributed by atoms with E-state index >= 15 is 4.39 Å². The molecule has 3 saturated heterocycles. The lowest BCUT2D eigenvalue weighted by Crippen LogP contribution is -2.44. The highest BCUT2D eigenvalue weighted by Crippen LogP contribution is 2.41. The van der Waals surface area contributed by atoms with Crippen LogP contribution in [-0.2, 0) is 4.79 Å². The third-order valence-electron chi connectivity index (χ3n) is 10.2. The summed E-state index contributed by atoms with van der Waals surface area (Å²) < 4.78 is 23.3. The number of phenolic OH excluding ortho intramolecular Hbond substituents is 1. The standard InChI is InChI=1S/C37H39FN6O4/c1-4-23-9-6-10-24-17-26(45)18-27(30(23)24)32-31(38)33-28(20-39-32)34(43-16-13-36(3,47)19-25(21-43)40-29(46)5-2)42-35(41-33)48-22-37-11-7-14-44(37)15-8-12-37/h1,5-6,9-10,17-18,20,25,45,47H,2,7-8,11-16,19,21-22H2,3H3,(H,40,46)/t25-,36+/m0/s1. The summed E-state index contributed by atoms with van der Waals surface area (Å²) in [5, 5.41) is 26.2. The largest absolute Gasteiger partial charge is 0.508 e. The first-order valence-electron chi connectivity index (χ1n) is 16.5. The lowest BCUT2D eigenvalue weighted by molar-refractivity contribution is -0.117. The van der Waals surface area contributed by atoms with Crippen molar-refractivity contribution in [2.75, 3.05) is 37.7 Å². The lowest BCUT2D eigenvalue weighted by Gasteiger charge is -2.31. The maximum Gasteiger partial charge on any atom is 0.319 e. The van der Waals surface area contributed by atoms with Crippen molar-refractivity contribution in [3.63, 3.8) is 0 Å². The van der Waals surface area contributed by atoms with Crippen LogP contribution in [0.15, 0.2) is 49.2 Å². The SMILES string of the molecule is C#Cc1cccc2cc(O)cc(-c3ncc4c(N5CC[C@@](C)(O)C[C@H](NC(=O)C=C)C5)nc(OCC56CCCN5CCC6)nc4c3F)c12. The Morgan fingerprint density at radius 3 is 2.77 bits per heavy atom. The second-order valence-corrected chi connectivity index (χ2v) is 13.6. The highest BCUT2D eigenvalue weighted by molar-refractivity contribution is 6.02. The molecule has 248 valence electrons.